The molecule has 0 bridgehead atoms. The van der Waals surface area contributed by atoms with Crippen LogP contribution in [0.25, 0.3) is 0 Å². The lowest BCUT2D eigenvalue weighted by Crippen LogP contribution is -2.28. The minimum Gasteiger partial charge on any atom is -0.493 e. The van der Waals surface area contributed by atoms with E-state index in [1.807, 2.05) is 19.1 Å². The van der Waals surface area contributed by atoms with Crippen molar-refractivity contribution in [3.05, 3.63) is 59.7 Å². The lowest BCUT2D eigenvalue weighted by atomic mass is 9.79. The van der Waals surface area contributed by atoms with Crippen molar-refractivity contribution in [2.24, 2.45) is 23.7 Å². The average molecular weight is 512 g/mol. The molecule has 0 amide bonds. The molecule has 6 heteroatoms. The summed E-state index contributed by atoms with van der Waals surface area (Å²) in [4.78, 5) is 15.4. The number of methoxy groups -OCH3 is 2. The molecule has 204 valence electrons. The van der Waals surface area contributed by atoms with Gasteiger partial charge < -0.3 is 18.9 Å². The number of likely N-dealkylation sites (tertiary alicyclic amines) is 1. The summed E-state index contributed by atoms with van der Waals surface area (Å²) in [5.41, 5.74) is 2.51. The number of esters is 1. The lowest BCUT2D eigenvalue weighted by molar-refractivity contribution is -0.149. The molecule has 2 unspecified atom stereocenters. The zero-order valence-electron chi connectivity index (χ0n) is 23.3. The molecule has 0 spiro atoms. The Morgan fingerprint density at radius 1 is 1.00 bits per heavy atom. The van der Waals surface area contributed by atoms with Crippen LogP contribution in [-0.4, -0.2) is 58.0 Å². The van der Waals surface area contributed by atoms with Crippen molar-refractivity contribution >= 4 is 5.97 Å². The number of hydrogen-bond acceptors (Lipinski definition) is 6. The van der Waals surface area contributed by atoms with Crippen molar-refractivity contribution < 1.29 is 23.7 Å². The highest BCUT2D eigenvalue weighted by Gasteiger charge is 2.39. The molecule has 1 heterocycles. The van der Waals surface area contributed by atoms with E-state index in [9.17, 15) is 4.79 Å². The SMILES string of the molecule is CCOC(=O)C1CN(Cc2ccccc2)CC1C[C@H](Cc1ccc(OC)c(OCCCOC)c1)C(C)C. The molecule has 1 fully saturated rings. The highest BCUT2D eigenvalue weighted by Crippen LogP contribution is 2.36. The van der Waals surface area contributed by atoms with Crippen LogP contribution in [0.15, 0.2) is 48.5 Å². The van der Waals surface area contributed by atoms with Crippen LogP contribution in [-0.2, 0) is 27.2 Å². The Balaban J connectivity index is 1.71. The van der Waals surface area contributed by atoms with E-state index in [0.29, 0.717) is 31.7 Å². The molecule has 6 nitrogen and oxygen atoms in total. The van der Waals surface area contributed by atoms with Crippen molar-refractivity contribution in [2.45, 2.75) is 46.6 Å². The molecular weight excluding hydrogens is 466 g/mol. The molecule has 0 aliphatic carbocycles. The molecule has 0 saturated carbocycles. The maximum atomic E-state index is 12.9. The lowest BCUT2D eigenvalue weighted by Gasteiger charge is -2.27. The van der Waals surface area contributed by atoms with Crippen LogP contribution in [0, 0.1) is 23.7 Å². The van der Waals surface area contributed by atoms with Crippen molar-refractivity contribution in [1.29, 1.82) is 0 Å². The van der Waals surface area contributed by atoms with Crippen LogP contribution < -0.4 is 9.47 Å². The smallest absolute Gasteiger partial charge is 0.310 e. The summed E-state index contributed by atoms with van der Waals surface area (Å²) in [6.07, 6.45) is 2.75. The second kappa shape index (κ2) is 15.0. The second-order valence-electron chi connectivity index (χ2n) is 10.4. The van der Waals surface area contributed by atoms with Gasteiger partial charge in [-0.2, -0.15) is 0 Å². The minimum atomic E-state index is -0.0829. The first-order valence-corrected chi connectivity index (χ1v) is 13.7. The first kappa shape index (κ1) is 29.0. The van der Waals surface area contributed by atoms with Crippen LogP contribution in [0.3, 0.4) is 0 Å². The zero-order chi connectivity index (χ0) is 26.6. The molecule has 2 aromatic rings. The summed E-state index contributed by atoms with van der Waals surface area (Å²) in [5, 5.41) is 0. The Labute approximate surface area is 223 Å². The summed E-state index contributed by atoms with van der Waals surface area (Å²) in [5.74, 6) is 2.59. The molecule has 2 aromatic carbocycles. The molecule has 1 aliphatic rings. The predicted molar refractivity (Wildman–Crippen MR) is 147 cm³/mol. The number of carbonyl (C=O) groups excluding carboxylic acids is 1. The Morgan fingerprint density at radius 3 is 2.46 bits per heavy atom. The number of hydrogen-bond donors (Lipinski definition) is 0. The normalized spacial score (nSPS) is 18.6. The fourth-order valence-electron chi connectivity index (χ4n) is 5.32. The van der Waals surface area contributed by atoms with E-state index < -0.39 is 0 Å². The molecular formula is C31H45NO5. The van der Waals surface area contributed by atoms with Crippen LogP contribution >= 0.6 is 0 Å². The first-order valence-electron chi connectivity index (χ1n) is 13.7. The van der Waals surface area contributed by atoms with Crippen molar-refractivity contribution in [3.63, 3.8) is 0 Å². The predicted octanol–water partition coefficient (Wildman–Crippen LogP) is 5.63. The van der Waals surface area contributed by atoms with Gasteiger partial charge in [0.1, 0.15) is 0 Å². The molecule has 3 atom stereocenters. The number of ether oxygens (including phenoxy) is 4. The third-order valence-corrected chi connectivity index (χ3v) is 7.38. The van der Waals surface area contributed by atoms with Gasteiger partial charge in [0, 0.05) is 39.8 Å². The standard InChI is InChI=1S/C31H45NO5/c1-6-36-31(33)28-22-32(20-24-11-8-7-9-12-24)21-27(28)19-26(23(2)3)17-25-13-14-29(35-5)30(18-25)37-16-10-15-34-4/h7-9,11-14,18,23,26-28H,6,10,15-17,19-22H2,1-5H3/t26-,27?,28?/m0/s1. The van der Waals surface area contributed by atoms with Crippen molar-refractivity contribution in [1.82, 2.24) is 4.90 Å². The Hall–Kier alpha value is -2.57. The van der Waals surface area contributed by atoms with E-state index in [-0.39, 0.29) is 17.8 Å². The van der Waals surface area contributed by atoms with Crippen molar-refractivity contribution in [2.75, 3.05) is 47.1 Å². The topological polar surface area (TPSA) is 57.2 Å². The number of benzene rings is 2. The van der Waals surface area contributed by atoms with Crippen LogP contribution in [0.5, 0.6) is 11.5 Å². The number of nitrogens with zero attached hydrogens (tertiary/aromatic N) is 1. The van der Waals surface area contributed by atoms with E-state index in [1.54, 1.807) is 14.2 Å². The van der Waals surface area contributed by atoms with E-state index in [0.717, 1.165) is 50.4 Å². The Kier molecular flexibility index (Phi) is 11.7. The fourth-order valence-corrected chi connectivity index (χ4v) is 5.32. The van der Waals surface area contributed by atoms with Gasteiger partial charge in [-0.15, -0.1) is 0 Å². The molecule has 1 aliphatic heterocycles. The van der Waals surface area contributed by atoms with Gasteiger partial charge in [-0.25, -0.2) is 0 Å². The molecule has 3 rings (SSSR count). The third-order valence-electron chi connectivity index (χ3n) is 7.38. The van der Waals surface area contributed by atoms with Gasteiger partial charge in [-0.1, -0.05) is 50.2 Å². The van der Waals surface area contributed by atoms with Gasteiger partial charge in [0.05, 0.1) is 26.2 Å². The monoisotopic (exact) mass is 511 g/mol. The van der Waals surface area contributed by atoms with Gasteiger partial charge in [0.2, 0.25) is 0 Å². The summed E-state index contributed by atoms with van der Waals surface area (Å²) in [7, 11) is 3.37. The minimum absolute atomic E-state index is 0.0539. The van der Waals surface area contributed by atoms with Gasteiger partial charge in [0.15, 0.2) is 11.5 Å². The van der Waals surface area contributed by atoms with E-state index in [4.69, 9.17) is 18.9 Å². The zero-order valence-corrected chi connectivity index (χ0v) is 23.3. The summed E-state index contributed by atoms with van der Waals surface area (Å²) in [6, 6.07) is 16.7. The van der Waals surface area contributed by atoms with E-state index in [2.05, 4.69) is 55.1 Å². The van der Waals surface area contributed by atoms with Gasteiger partial charge in [-0.3, -0.25) is 9.69 Å². The maximum Gasteiger partial charge on any atom is 0.310 e. The Bertz CT molecular complexity index is 948. The van der Waals surface area contributed by atoms with Gasteiger partial charge in [-0.05, 0) is 60.8 Å². The highest BCUT2D eigenvalue weighted by atomic mass is 16.5. The van der Waals surface area contributed by atoms with Gasteiger partial charge >= 0.3 is 5.97 Å². The third kappa shape index (κ3) is 8.75. The molecule has 0 N–H and O–H groups in total. The average Bonchev–Trinajstić information content (AvgIpc) is 3.29. The number of carbonyl (C=O) groups is 1. The second-order valence-corrected chi connectivity index (χ2v) is 10.4. The first-order chi connectivity index (χ1) is 17.9. The van der Waals surface area contributed by atoms with Crippen LogP contribution in [0.1, 0.15) is 44.7 Å². The van der Waals surface area contributed by atoms with E-state index in [1.165, 1.54) is 11.1 Å². The number of rotatable bonds is 15. The highest BCUT2D eigenvalue weighted by molar-refractivity contribution is 5.73. The molecule has 37 heavy (non-hydrogen) atoms. The summed E-state index contributed by atoms with van der Waals surface area (Å²) < 4.78 is 22.2. The van der Waals surface area contributed by atoms with E-state index >= 15 is 0 Å². The largest absolute Gasteiger partial charge is 0.493 e. The van der Waals surface area contributed by atoms with Crippen LogP contribution in [0.2, 0.25) is 0 Å². The fraction of sp³-hybridized carbons (Fsp3) is 0.581. The molecule has 1 saturated heterocycles. The van der Waals surface area contributed by atoms with Crippen molar-refractivity contribution in [3.8, 4) is 11.5 Å². The van der Waals surface area contributed by atoms with Crippen LogP contribution in [0.4, 0.5) is 0 Å². The molecule has 0 aromatic heterocycles. The summed E-state index contributed by atoms with van der Waals surface area (Å²) in [6.45, 7) is 10.7. The Morgan fingerprint density at radius 2 is 1.78 bits per heavy atom. The molecule has 0 radical (unpaired) electrons. The quantitative estimate of drug-likeness (QED) is 0.228. The van der Waals surface area contributed by atoms with Gasteiger partial charge in [0.25, 0.3) is 0 Å². The summed E-state index contributed by atoms with van der Waals surface area (Å²) >= 11 is 0. The maximum absolute atomic E-state index is 12.9.